The van der Waals surface area contributed by atoms with Gasteiger partial charge in [0.05, 0.1) is 6.54 Å². The average Bonchev–Trinajstić information content (AvgIpc) is 2.45. The Bertz CT molecular complexity index is 440. The van der Waals surface area contributed by atoms with Crippen LogP contribution in [-0.2, 0) is 6.54 Å². The summed E-state index contributed by atoms with van der Waals surface area (Å²) in [6, 6.07) is 8.95. The van der Waals surface area contributed by atoms with Crippen LogP contribution in [0.15, 0.2) is 24.3 Å². The molecule has 0 aliphatic rings. The molecule has 0 atom stereocenters. The van der Waals surface area contributed by atoms with Crippen LogP contribution in [0, 0.1) is 11.8 Å². The molecule has 1 aromatic carbocycles. The zero-order valence-corrected chi connectivity index (χ0v) is 13.2. The Balaban J connectivity index is 2.77. The maximum Gasteiger partial charge on any atom is 0.0555 e. The van der Waals surface area contributed by atoms with Gasteiger partial charge in [-0.1, -0.05) is 49.8 Å². The van der Waals surface area contributed by atoms with Crippen LogP contribution in [0.3, 0.4) is 0 Å². The molecule has 0 aliphatic carbocycles. The third-order valence-corrected chi connectivity index (χ3v) is 3.50. The molecule has 0 aromatic heterocycles. The number of nitrogens with two attached hydrogens (primary N) is 1. The van der Waals surface area contributed by atoms with Crippen LogP contribution in [0.25, 0.3) is 0 Å². The van der Waals surface area contributed by atoms with E-state index < -0.39 is 0 Å². The first-order valence-electron chi connectivity index (χ1n) is 7.70. The fraction of sp³-hybridized carbons (Fsp3) is 0.556. The molecule has 0 aliphatic heterocycles. The number of rotatable bonds is 7. The molecule has 0 heterocycles. The summed E-state index contributed by atoms with van der Waals surface area (Å²) in [7, 11) is 0. The van der Waals surface area contributed by atoms with E-state index >= 15 is 0 Å². The minimum atomic E-state index is 0.415. The van der Waals surface area contributed by atoms with Gasteiger partial charge >= 0.3 is 0 Å². The van der Waals surface area contributed by atoms with Crippen molar-refractivity contribution in [2.75, 3.05) is 13.1 Å². The van der Waals surface area contributed by atoms with Crippen LogP contribution in [-0.4, -0.2) is 24.0 Å². The Morgan fingerprint density at radius 2 is 1.95 bits per heavy atom. The topological polar surface area (TPSA) is 29.3 Å². The van der Waals surface area contributed by atoms with Crippen molar-refractivity contribution in [3.63, 3.8) is 0 Å². The van der Waals surface area contributed by atoms with E-state index in [9.17, 15) is 0 Å². The number of benzene rings is 1. The van der Waals surface area contributed by atoms with Gasteiger partial charge in [-0.25, -0.2) is 0 Å². The van der Waals surface area contributed by atoms with E-state index in [2.05, 4.69) is 55.7 Å². The number of nitrogens with zero attached hydrogens (tertiary/aromatic N) is 1. The molecular formula is C18H28N2. The van der Waals surface area contributed by atoms with Gasteiger partial charge in [0, 0.05) is 18.2 Å². The summed E-state index contributed by atoms with van der Waals surface area (Å²) >= 11 is 0. The maximum absolute atomic E-state index is 5.47. The molecule has 1 aromatic rings. The van der Waals surface area contributed by atoms with E-state index in [1.165, 1.54) is 24.8 Å². The second-order valence-electron chi connectivity index (χ2n) is 5.43. The zero-order valence-electron chi connectivity index (χ0n) is 13.2. The highest BCUT2D eigenvalue weighted by atomic mass is 15.1. The molecular weight excluding hydrogens is 244 g/mol. The second kappa shape index (κ2) is 9.58. The maximum atomic E-state index is 5.47. The predicted molar refractivity (Wildman–Crippen MR) is 87.4 cm³/mol. The summed E-state index contributed by atoms with van der Waals surface area (Å²) in [5, 5.41) is 0. The highest BCUT2D eigenvalue weighted by Crippen LogP contribution is 2.14. The van der Waals surface area contributed by atoms with Crippen LogP contribution in [0.2, 0.25) is 0 Å². The second-order valence-corrected chi connectivity index (χ2v) is 5.43. The lowest BCUT2D eigenvalue weighted by Gasteiger charge is -2.27. The molecule has 0 radical (unpaired) electrons. The van der Waals surface area contributed by atoms with Gasteiger partial charge in [0.1, 0.15) is 0 Å². The lowest BCUT2D eigenvalue weighted by atomic mass is 10.1. The number of hydrogen-bond donors (Lipinski definition) is 1. The van der Waals surface area contributed by atoms with Crippen molar-refractivity contribution in [3.8, 4) is 11.8 Å². The van der Waals surface area contributed by atoms with E-state index in [0.717, 1.165) is 18.7 Å². The van der Waals surface area contributed by atoms with E-state index in [-0.39, 0.29) is 0 Å². The van der Waals surface area contributed by atoms with Gasteiger partial charge in [0.15, 0.2) is 0 Å². The molecule has 0 saturated heterocycles. The molecule has 0 fully saturated rings. The standard InChI is InChI=1S/C18H28N2/c1-4-5-8-14-20(16(2)3)15-18-11-7-6-10-17(18)12-9-13-19/h6-7,10-11,16H,4-5,8,13-15,19H2,1-3H3. The predicted octanol–water partition coefficient (Wildman–Crippen LogP) is 3.40. The van der Waals surface area contributed by atoms with Gasteiger partial charge in [0.25, 0.3) is 0 Å². The van der Waals surface area contributed by atoms with Gasteiger partial charge in [0.2, 0.25) is 0 Å². The van der Waals surface area contributed by atoms with Crippen molar-refractivity contribution >= 4 is 0 Å². The fourth-order valence-electron chi connectivity index (χ4n) is 2.23. The Hall–Kier alpha value is -1.30. The lowest BCUT2D eigenvalue weighted by molar-refractivity contribution is 0.208. The van der Waals surface area contributed by atoms with E-state index in [4.69, 9.17) is 5.73 Å². The molecule has 0 saturated carbocycles. The largest absolute Gasteiger partial charge is 0.320 e. The van der Waals surface area contributed by atoms with Crippen molar-refractivity contribution < 1.29 is 0 Å². The first kappa shape index (κ1) is 16.8. The molecule has 1 rings (SSSR count). The molecule has 20 heavy (non-hydrogen) atoms. The number of unbranched alkanes of at least 4 members (excludes halogenated alkanes) is 2. The molecule has 110 valence electrons. The summed E-state index contributed by atoms with van der Waals surface area (Å²) in [5.41, 5.74) is 7.89. The zero-order chi connectivity index (χ0) is 14.8. The van der Waals surface area contributed by atoms with E-state index in [0.29, 0.717) is 12.6 Å². The van der Waals surface area contributed by atoms with Crippen molar-refractivity contribution in [1.29, 1.82) is 0 Å². The van der Waals surface area contributed by atoms with Gasteiger partial charge in [-0.15, -0.1) is 0 Å². The molecule has 0 unspecified atom stereocenters. The third kappa shape index (κ3) is 5.77. The Kier molecular flexibility index (Phi) is 8.02. The molecule has 0 spiro atoms. The first-order valence-corrected chi connectivity index (χ1v) is 7.70. The normalized spacial score (nSPS) is 10.7. The first-order chi connectivity index (χ1) is 9.69. The molecule has 2 heteroatoms. The van der Waals surface area contributed by atoms with E-state index in [1.807, 2.05) is 6.07 Å². The monoisotopic (exact) mass is 272 g/mol. The van der Waals surface area contributed by atoms with Crippen LogP contribution >= 0.6 is 0 Å². The molecule has 2 nitrogen and oxygen atoms in total. The SMILES string of the molecule is CCCCCN(Cc1ccccc1C#CCN)C(C)C. The number of hydrogen-bond acceptors (Lipinski definition) is 2. The highest BCUT2D eigenvalue weighted by molar-refractivity contribution is 5.41. The molecule has 2 N–H and O–H groups in total. The van der Waals surface area contributed by atoms with Gasteiger partial charge in [-0.3, -0.25) is 4.90 Å². The smallest absolute Gasteiger partial charge is 0.0555 e. The van der Waals surface area contributed by atoms with Gasteiger partial charge in [-0.2, -0.15) is 0 Å². The molecule has 0 bridgehead atoms. The van der Waals surface area contributed by atoms with Crippen molar-refractivity contribution in [2.45, 2.75) is 52.6 Å². The lowest BCUT2D eigenvalue weighted by Crippen LogP contribution is -2.31. The van der Waals surface area contributed by atoms with Crippen LogP contribution < -0.4 is 5.73 Å². The Morgan fingerprint density at radius 3 is 2.60 bits per heavy atom. The average molecular weight is 272 g/mol. The van der Waals surface area contributed by atoms with Crippen LogP contribution in [0.5, 0.6) is 0 Å². The Labute approximate surface area is 124 Å². The third-order valence-electron chi connectivity index (χ3n) is 3.50. The minimum Gasteiger partial charge on any atom is -0.320 e. The summed E-state index contributed by atoms with van der Waals surface area (Å²) in [6.07, 6.45) is 3.84. The van der Waals surface area contributed by atoms with Gasteiger partial charge < -0.3 is 5.73 Å². The fourth-order valence-corrected chi connectivity index (χ4v) is 2.23. The summed E-state index contributed by atoms with van der Waals surface area (Å²) in [5.74, 6) is 6.14. The quantitative estimate of drug-likeness (QED) is 0.609. The van der Waals surface area contributed by atoms with Crippen molar-refractivity contribution in [2.24, 2.45) is 5.73 Å². The van der Waals surface area contributed by atoms with E-state index in [1.54, 1.807) is 0 Å². The summed E-state index contributed by atoms with van der Waals surface area (Å²) < 4.78 is 0. The highest BCUT2D eigenvalue weighted by Gasteiger charge is 2.11. The molecule has 0 amide bonds. The Morgan fingerprint density at radius 1 is 1.20 bits per heavy atom. The minimum absolute atomic E-state index is 0.415. The van der Waals surface area contributed by atoms with Crippen LogP contribution in [0.4, 0.5) is 0 Å². The van der Waals surface area contributed by atoms with Gasteiger partial charge in [-0.05, 0) is 38.4 Å². The summed E-state index contributed by atoms with van der Waals surface area (Å²) in [4.78, 5) is 2.53. The summed E-state index contributed by atoms with van der Waals surface area (Å²) in [6.45, 7) is 9.32. The van der Waals surface area contributed by atoms with Crippen molar-refractivity contribution in [3.05, 3.63) is 35.4 Å². The van der Waals surface area contributed by atoms with Crippen molar-refractivity contribution in [1.82, 2.24) is 4.90 Å². The van der Waals surface area contributed by atoms with Crippen LogP contribution in [0.1, 0.15) is 51.2 Å².